The Labute approximate surface area is 121 Å². The lowest BCUT2D eigenvalue weighted by Gasteiger charge is -2.38. The van der Waals surface area contributed by atoms with Crippen LogP contribution in [0.5, 0.6) is 0 Å². The third-order valence-electron chi connectivity index (χ3n) is 3.03. The van der Waals surface area contributed by atoms with Gasteiger partial charge in [-0.1, -0.05) is 0 Å². The van der Waals surface area contributed by atoms with E-state index in [-0.39, 0.29) is 10.9 Å². The highest BCUT2D eigenvalue weighted by Crippen LogP contribution is 2.21. The summed E-state index contributed by atoms with van der Waals surface area (Å²) in [5, 5.41) is 0.169. The fraction of sp³-hybridized carbons (Fsp3) is 0.500. The van der Waals surface area contributed by atoms with Crippen molar-refractivity contribution in [2.24, 2.45) is 0 Å². The van der Waals surface area contributed by atoms with Crippen LogP contribution in [-0.2, 0) is 4.74 Å². The van der Waals surface area contributed by atoms with E-state index in [1.807, 2.05) is 13.8 Å². The summed E-state index contributed by atoms with van der Waals surface area (Å²) in [4.78, 5) is 18.8. The topological polar surface area (TPSA) is 69.0 Å². The van der Waals surface area contributed by atoms with Crippen LogP contribution >= 0.6 is 11.6 Å². The maximum Gasteiger partial charge on any atom is 0.241 e. The van der Waals surface area contributed by atoms with Crippen LogP contribution in [0.3, 0.4) is 0 Å². The van der Waals surface area contributed by atoms with E-state index < -0.39 is 0 Å². The molecule has 0 atom stereocenters. The van der Waals surface area contributed by atoms with Crippen molar-refractivity contribution in [2.45, 2.75) is 19.4 Å². The molecule has 7 nitrogen and oxygen atoms in total. The molecule has 0 saturated carbocycles. The molecule has 0 spiro atoms. The SMILES string of the molecule is CC1(C)CN(c2nc(Cl)nc(-n3ccnc3)n2)CCO1. The van der Waals surface area contributed by atoms with Gasteiger partial charge in [0, 0.05) is 25.5 Å². The van der Waals surface area contributed by atoms with Gasteiger partial charge in [-0.3, -0.25) is 4.57 Å². The summed E-state index contributed by atoms with van der Waals surface area (Å²) in [6.07, 6.45) is 5.05. The number of ether oxygens (including phenoxy) is 1. The third-order valence-corrected chi connectivity index (χ3v) is 3.20. The molecule has 1 aliphatic rings. The van der Waals surface area contributed by atoms with Crippen molar-refractivity contribution in [3.05, 3.63) is 24.0 Å². The molecule has 8 heteroatoms. The van der Waals surface area contributed by atoms with Gasteiger partial charge in [0.1, 0.15) is 6.33 Å². The second-order valence-electron chi connectivity index (χ2n) is 5.20. The van der Waals surface area contributed by atoms with Gasteiger partial charge in [0.15, 0.2) is 0 Å². The number of imidazole rings is 1. The summed E-state index contributed by atoms with van der Waals surface area (Å²) in [7, 11) is 0. The standard InChI is InChI=1S/C12H15ClN6O/c1-12(2)7-18(5-6-20-12)10-15-9(13)16-11(17-10)19-4-3-14-8-19/h3-4,8H,5-7H2,1-2H3. The van der Waals surface area contributed by atoms with Crippen LogP contribution in [0.25, 0.3) is 5.95 Å². The zero-order valence-electron chi connectivity index (χ0n) is 11.3. The molecule has 0 amide bonds. The molecule has 0 aromatic carbocycles. The average Bonchev–Trinajstić information content (AvgIpc) is 2.90. The Morgan fingerprint density at radius 3 is 2.75 bits per heavy atom. The number of nitrogens with zero attached hydrogens (tertiary/aromatic N) is 6. The molecule has 1 aliphatic heterocycles. The Morgan fingerprint density at radius 1 is 1.25 bits per heavy atom. The molecule has 2 aromatic heterocycles. The minimum atomic E-state index is -0.230. The molecule has 3 heterocycles. The van der Waals surface area contributed by atoms with Crippen LogP contribution in [-0.4, -0.2) is 49.8 Å². The summed E-state index contributed by atoms with van der Waals surface area (Å²) in [5.41, 5.74) is -0.230. The fourth-order valence-corrected chi connectivity index (χ4v) is 2.30. The molecule has 106 valence electrons. The predicted octanol–water partition coefficient (Wildman–Crippen LogP) is 1.33. The number of hydrogen-bond donors (Lipinski definition) is 0. The van der Waals surface area contributed by atoms with Gasteiger partial charge in [-0.25, -0.2) is 4.98 Å². The van der Waals surface area contributed by atoms with Crippen LogP contribution < -0.4 is 4.90 Å². The molecule has 0 unspecified atom stereocenters. The quantitative estimate of drug-likeness (QED) is 0.832. The van der Waals surface area contributed by atoms with E-state index in [9.17, 15) is 0 Å². The highest BCUT2D eigenvalue weighted by atomic mass is 35.5. The fourth-order valence-electron chi connectivity index (χ4n) is 2.15. The number of morpholine rings is 1. The van der Waals surface area contributed by atoms with E-state index >= 15 is 0 Å². The Morgan fingerprint density at radius 2 is 2.05 bits per heavy atom. The first-order chi connectivity index (χ1) is 9.53. The van der Waals surface area contributed by atoms with E-state index in [1.165, 1.54) is 0 Å². The smallest absolute Gasteiger partial charge is 0.241 e. The number of anilines is 1. The first kappa shape index (κ1) is 13.3. The lowest BCUT2D eigenvalue weighted by Crippen LogP contribution is -2.49. The Bertz CT molecular complexity index is 600. The minimum Gasteiger partial charge on any atom is -0.372 e. The lowest BCUT2D eigenvalue weighted by molar-refractivity contribution is -0.0281. The predicted molar refractivity (Wildman–Crippen MR) is 74.2 cm³/mol. The maximum atomic E-state index is 6.00. The molecular weight excluding hydrogens is 280 g/mol. The van der Waals surface area contributed by atoms with Crippen molar-refractivity contribution in [1.82, 2.24) is 24.5 Å². The molecule has 0 radical (unpaired) electrons. The second kappa shape index (κ2) is 4.99. The van der Waals surface area contributed by atoms with Gasteiger partial charge in [0.05, 0.1) is 12.2 Å². The van der Waals surface area contributed by atoms with Gasteiger partial charge in [0.2, 0.25) is 17.2 Å². The van der Waals surface area contributed by atoms with Crippen LogP contribution in [0.4, 0.5) is 5.95 Å². The first-order valence-electron chi connectivity index (χ1n) is 6.32. The molecule has 2 aromatic rings. The number of rotatable bonds is 2. The van der Waals surface area contributed by atoms with E-state index in [1.54, 1.807) is 23.3 Å². The lowest BCUT2D eigenvalue weighted by atomic mass is 10.1. The van der Waals surface area contributed by atoms with Gasteiger partial charge in [0.25, 0.3) is 0 Å². The number of halogens is 1. The molecular formula is C12H15ClN6O. The zero-order valence-corrected chi connectivity index (χ0v) is 12.1. The van der Waals surface area contributed by atoms with Crippen molar-refractivity contribution in [3.63, 3.8) is 0 Å². The van der Waals surface area contributed by atoms with E-state index in [2.05, 4.69) is 24.8 Å². The summed E-state index contributed by atoms with van der Waals surface area (Å²) < 4.78 is 7.39. The zero-order chi connectivity index (χ0) is 14.2. The summed E-state index contributed by atoms with van der Waals surface area (Å²) in [6.45, 7) is 6.15. The van der Waals surface area contributed by atoms with E-state index in [0.29, 0.717) is 25.0 Å². The summed E-state index contributed by atoms with van der Waals surface area (Å²) in [6, 6.07) is 0. The highest BCUT2D eigenvalue weighted by Gasteiger charge is 2.29. The molecule has 0 bridgehead atoms. The number of aromatic nitrogens is 5. The normalized spacial score (nSPS) is 18.2. The monoisotopic (exact) mass is 294 g/mol. The van der Waals surface area contributed by atoms with Crippen LogP contribution in [0.1, 0.15) is 13.8 Å². The maximum absolute atomic E-state index is 6.00. The van der Waals surface area contributed by atoms with Crippen LogP contribution in [0.15, 0.2) is 18.7 Å². The van der Waals surface area contributed by atoms with Crippen molar-refractivity contribution < 1.29 is 4.74 Å². The largest absolute Gasteiger partial charge is 0.372 e. The first-order valence-corrected chi connectivity index (χ1v) is 6.70. The summed E-state index contributed by atoms with van der Waals surface area (Å²) in [5.74, 6) is 1.02. The molecule has 0 aliphatic carbocycles. The average molecular weight is 295 g/mol. The number of hydrogen-bond acceptors (Lipinski definition) is 6. The molecule has 1 fully saturated rings. The molecule has 3 rings (SSSR count). The Kier molecular flexibility index (Phi) is 3.31. The molecule has 1 saturated heterocycles. The Balaban J connectivity index is 1.94. The van der Waals surface area contributed by atoms with E-state index in [4.69, 9.17) is 16.3 Å². The van der Waals surface area contributed by atoms with Gasteiger partial charge in [-0.15, -0.1) is 0 Å². The van der Waals surface area contributed by atoms with Crippen LogP contribution in [0, 0.1) is 0 Å². The van der Waals surface area contributed by atoms with Crippen molar-refractivity contribution >= 4 is 17.5 Å². The molecule has 0 N–H and O–H groups in total. The third kappa shape index (κ3) is 2.73. The Hall–Kier alpha value is -1.73. The van der Waals surface area contributed by atoms with E-state index in [0.717, 1.165) is 6.54 Å². The highest BCUT2D eigenvalue weighted by molar-refractivity contribution is 6.28. The van der Waals surface area contributed by atoms with Gasteiger partial charge >= 0.3 is 0 Å². The second-order valence-corrected chi connectivity index (χ2v) is 5.54. The van der Waals surface area contributed by atoms with Gasteiger partial charge in [-0.2, -0.15) is 15.0 Å². The van der Waals surface area contributed by atoms with Gasteiger partial charge in [-0.05, 0) is 25.4 Å². The van der Waals surface area contributed by atoms with Crippen LogP contribution in [0.2, 0.25) is 5.28 Å². The van der Waals surface area contributed by atoms with Crippen molar-refractivity contribution in [1.29, 1.82) is 0 Å². The molecule has 20 heavy (non-hydrogen) atoms. The van der Waals surface area contributed by atoms with Gasteiger partial charge < -0.3 is 9.64 Å². The van der Waals surface area contributed by atoms with Crippen molar-refractivity contribution in [2.75, 3.05) is 24.6 Å². The summed E-state index contributed by atoms with van der Waals surface area (Å²) >= 11 is 6.00. The van der Waals surface area contributed by atoms with Crippen molar-refractivity contribution in [3.8, 4) is 5.95 Å². The minimum absolute atomic E-state index is 0.169.